The number of hydrogen-bond acceptors (Lipinski definition) is 6. The molecule has 27 heavy (non-hydrogen) atoms. The lowest BCUT2D eigenvalue weighted by molar-refractivity contribution is 0.102. The van der Waals surface area contributed by atoms with Crippen molar-refractivity contribution in [3.63, 3.8) is 0 Å². The van der Waals surface area contributed by atoms with Gasteiger partial charge in [0.05, 0.1) is 29.2 Å². The maximum atomic E-state index is 13.0. The molecule has 0 fully saturated rings. The molecule has 0 radical (unpaired) electrons. The van der Waals surface area contributed by atoms with E-state index < -0.39 is 11.7 Å². The average molecular weight is 385 g/mol. The van der Waals surface area contributed by atoms with Crippen LogP contribution in [-0.4, -0.2) is 30.5 Å². The summed E-state index contributed by atoms with van der Waals surface area (Å²) >= 11 is 5.90. The number of rotatable bonds is 4. The number of halogens is 2. The minimum atomic E-state index is -0.502. The highest BCUT2D eigenvalue weighted by Gasteiger charge is 2.16. The van der Waals surface area contributed by atoms with Crippen LogP contribution in [0.15, 0.2) is 55.4 Å². The van der Waals surface area contributed by atoms with E-state index in [1.807, 2.05) is 0 Å². The van der Waals surface area contributed by atoms with Gasteiger partial charge in [0.15, 0.2) is 5.65 Å². The van der Waals surface area contributed by atoms with Crippen molar-refractivity contribution < 1.29 is 13.9 Å². The van der Waals surface area contributed by atoms with Gasteiger partial charge in [-0.2, -0.15) is 5.10 Å². The van der Waals surface area contributed by atoms with Crippen LogP contribution in [0.1, 0.15) is 10.4 Å². The van der Waals surface area contributed by atoms with Crippen molar-refractivity contribution in [1.82, 2.24) is 24.6 Å². The van der Waals surface area contributed by atoms with Crippen LogP contribution >= 0.6 is 11.6 Å². The molecule has 0 atom stereocenters. The Morgan fingerprint density at radius 1 is 1.15 bits per heavy atom. The molecule has 0 saturated carbocycles. The van der Waals surface area contributed by atoms with E-state index in [0.717, 1.165) is 6.20 Å². The number of carbonyl (C=O) groups excluding carboxylic acids is 1. The second-order valence-corrected chi connectivity index (χ2v) is 5.81. The van der Waals surface area contributed by atoms with Crippen LogP contribution in [0.5, 0.6) is 11.5 Å². The van der Waals surface area contributed by atoms with E-state index in [4.69, 9.17) is 16.3 Å². The number of anilines is 1. The summed E-state index contributed by atoms with van der Waals surface area (Å²) in [5, 5.41) is 7.03. The third-order valence-electron chi connectivity index (χ3n) is 3.48. The molecule has 4 aromatic rings. The maximum Gasteiger partial charge on any atom is 0.260 e. The Hall–Kier alpha value is -3.59. The van der Waals surface area contributed by atoms with Crippen molar-refractivity contribution in [2.45, 2.75) is 0 Å². The number of nitrogens with zero attached hydrogens (tertiary/aromatic N) is 5. The van der Waals surface area contributed by atoms with Gasteiger partial charge < -0.3 is 10.1 Å². The van der Waals surface area contributed by atoms with Gasteiger partial charge in [-0.15, -0.1) is 0 Å². The summed E-state index contributed by atoms with van der Waals surface area (Å²) in [5.74, 6) is -0.0765. The summed E-state index contributed by atoms with van der Waals surface area (Å²) in [6.45, 7) is 0. The van der Waals surface area contributed by atoms with Gasteiger partial charge >= 0.3 is 0 Å². The summed E-state index contributed by atoms with van der Waals surface area (Å²) in [6.07, 6.45) is 6.85. The number of amides is 1. The molecule has 4 aromatic heterocycles. The fourth-order valence-corrected chi connectivity index (χ4v) is 2.51. The van der Waals surface area contributed by atoms with Crippen LogP contribution in [0.2, 0.25) is 5.02 Å². The molecule has 10 heteroatoms. The molecule has 1 amide bonds. The molecule has 1 N–H and O–H groups in total. The SMILES string of the molecule is O=C(Nc1ccc(F)cn1)c1cc(Oc2cncc(Cl)c2)cn2ncnc12. The fraction of sp³-hybridized carbons (Fsp3) is 0. The number of carbonyl (C=O) groups is 1. The topological polar surface area (TPSA) is 94.3 Å². The Labute approximate surface area is 156 Å². The van der Waals surface area contributed by atoms with Gasteiger partial charge in [0.25, 0.3) is 5.91 Å². The first-order valence-corrected chi connectivity index (χ1v) is 8.01. The number of ether oxygens (including phenoxy) is 1. The number of fused-ring (bicyclic) bond motifs is 1. The molecule has 0 aliphatic carbocycles. The third-order valence-corrected chi connectivity index (χ3v) is 3.69. The zero-order valence-electron chi connectivity index (χ0n) is 13.5. The second-order valence-electron chi connectivity index (χ2n) is 5.37. The van der Waals surface area contributed by atoms with E-state index in [9.17, 15) is 9.18 Å². The average Bonchev–Trinajstić information content (AvgIpc) is 3.11. The molecule has 4 rings (SSSR count). The van der Waals surface area contributed by atoms with Crippen LogP contribution in [0.25, 0.3) is 5.65 Å². The summed E-state index contributed by atoms with van der Waals surface area (Å²) in [7, 11) is 0. The Morgan fingerprint density at radius 3 is 2.81 bits per heavy atom. The van der Waals surface area contributed by atoms with Gasteiger partial charge in [0.1, 0.15) is 29.5 Å². The van der Waals surface area contributed by atoms with Gasteiger partial charge in [0.2, 0.25) is 0 Å². The minimum Gasteiger partial charge on any atom is -0.454 e. The molecule has 0 aromatic carbocycles. The second kappa shape index (κ2) is 6.96. The predicted molar refractivity (Wildman–Crippen MR) is 94.5 cm³/mol. The van der Waals surface area contributed by atoms with Crippen molar-refractivity contribution in [3.05, 3.63) is 71.8 Å². The molecule has 0 spiro atoms. The van der Waals surface area contributed by atoms with Crippen LogP contribution in [-0.2, 0) is 0 Å². The molecular formula is C17H10ClFN6O2. The van der Waals surface area contributed by atoms with E-state index in [0.29, 0.717) is 22.2 Å². The van der Waals surface area contributed by atoms with Gasteiger partial charge in [-0.05, 0) is 18.2 Å². The van der Waals surface area contributed by atoms with Crippen LogP contribution in [0.4, 0.5) is 10.2 Å². The zero-order chi connectivity index (χ0) is 18.8. The summed E-state index contributed by atoms with van der Waals surface area (Å²) in [5.41, 5.74) is 0.525. The van der Waals surface area contributed by atoms with Crippen molar-refractivity contribution in [2.75, 3.05) is 5.32 Å². The Balaban J connectivity index is 1.67. The van der Waals surface area contributed by atoms with Crippen molar-refractivity contribution in [3.8, 4) is 11.5 Å². The third kappa shape index (κ3) is 3.67. The van der Waals surface area contributed by atoms with Crippen molar-refractivity contribution in [2.24, 2.45) is 0 Å². The first-order valence-electron chi connectivity index (χ1n) is 7.63. The van der Waals surface area contributed by atoms with E-state index in [1.165, 1.54) is 41.4 Å². The zero-order valence-corrected chi connectivity index (χ0v) is 14.3. The first kappa shape index (κ1) is 16.9. The molecule has 0 aliphatic heterocycles. The summed E-state index contributed by atoms with van der Waals surface area (Å²) in [4.78, 5) is 24.5. The molecule has 0 bridgehead atoms. The van der Waals surface area contributed by atoms with Gasteiger partial charge in [-0.25, -0.2) is 18.9 Å². The van der Waals surface area contributed by atoms with Crippen molar-refractivity contribution >= 4 is 29.0 Å². The first-order chi connectivity index (χ1) is 13.1. The Morgan fingerprint density at radius 2 is 2.04 bits per heavy atom. The maximum absolute atomic E-state index is 13.0. The molecule has 8 nitrogen and oxygen atoms in total. The summed E-state index contributed by atoms with van der Waals surface area (Å²) < 4.78 is 20.1. The molecule has 0 unspecified atom stereocenters. The van der Waals surface area contributed by atoms with Gasteiger partial charge in [0, 0.05) is 12.3 Å². The number of hydrogen-bond donors (Lipinski definition) is 1. The Kier molecular flexibility index (Phi) is 4.35. The molecule has 0 saturated heterocycles. The van der Waals surface area contributed by atoms with E-state index in [-0.39, 0.29) is 11.4 Å². The molecule has 134 valence electrons. The largest absolute Gasteiger partial charge is 0.454 e. The lowest BCUT2D eigenvalue weighted by Crippen LogP contribution is -2.15. The monoisotopic (exact) mass is 384 g/mol. The highest BCUT2D eigenvalue weighted by molar-refractivity contribution is 6.30. The smallest absolute Gasteiger partial charge is 0.260 e. The Bertz CT molecular complexity index is 1130. The highest BCUT2D eigenvalue weighted by Crippen LogP contribution is 2.25. The predicted octanol–water partition coefficient (Wildman–Crippen LogP) is 3.36. The highest BCUT2D eigenvalue weighted by atomic mass is 35.5. The standard InChI is InChI=1S/C17H10ClFN6O2/c18-10-3-12(7-20-5-10)27-13-4-14(16-22-9-23-25(16)8-13)17(26)24-15-2-1-11(19)6-21-15/h1-9H,(H,21,24,26). The van der Waals surface area contributed by atoms with Crippen molar-refractivity contribution in [1.29, 1.82) is 0 Å². The minimum absolute atomic E-state index is 0.199. The molecule has 4 heterocycles. The quantitative estimate of drug-likeness (QED) is 0.579. The lowest BCUT2D eigenvalue weighted by atomic mass is 10.2. The van der Waals surface area contributed by atoms with E-state index in [2.05, 4.69) is 25.4 Å². The van der Waals surface area contributed by atoms with Crippen LogP contribution in [0.3, 0.4) is 0 Å². The fourth-order valence-electron chi connectivity index (χ4n) is 2.34. The van der Waals surface area contributed by atoms with Gasteiger partial charge in [-0.1, -0.05) is 11.6 Å². The molecule has 0 aliphatic rings. The number of aromatic nitrogens is 5. The number of nitrogens with one attached hydrogen (secondary N) is 1. The van der Waals surface area contributed by atoms with Gasteiger partial charge in [-0.3, -0.25) is 9.78 Å². The summed E-state index contributed by atoms with van der Waals surface area (Å²) in [6, 6.07) is 5.64. The number of pyridine rings is 3. The lowest BCUT2D eigenvalue weighted by Gasteiger charge is -2.09. The van der Waals surface area contributed by atoms with E-state index in [1.54, 1.807) is 12.3 Å². The van der Waals surface area contributed by atoms with Crippen LogP contribution in [0, 0.1) is 5.82 Å². The van der Waals surface area contributed by atoms with Crippen LogP contribution < -0.4 is 10.1 Å². The normalized spacial score (nSPS) is 10.7. The van der Waals surface area contributed by atoms with E-state index >= 15 is 0 Å². The molecular weight excluding hydrogens is 375 g/mol.